The fourth-order valence-corrected chi connectivity index (χ4v) is 4.18. The lowest BCUT2D eigenvalue weighted by atomic mass is 9.76. The Morgan fingerprint density at radius 1 is 1.15 bits per heavy atom. The van der Waals surface area contributed by atoms with E-state index >= 15 is 0 Å². The molecule has 4 heteroatoms. The number of halogens is 1. The van der Waals surface area contributed by atoms with Crippen molar-refractivity contribution in [2.24, 2.45) is 5.92 Å². The zero-order chi connectivity index (χ0) is 18.5. The summed E-state index contributed by atoms with van der Waals surface area (Å²) < 4.78 is 20.1. The summed E-state index contributed by atoms with van der Waals surface area (Å²) >= 11 is 0. The number of benzene rings is 2. The summed E-state index contributed by atoms with van der Waals surface area (Å²) in [7, 11) is 0. The number of rotatable bonds is 1. The molecule has 1 unspecified atom stereocenters. The van der Waals surface area contributed by atoms with Crippen LogP contribution in [0, 0.1) is 11.7 Å². The van der Waals surface area contributed by atoms with Crippen molar-refractivity contribution in [2.75, 3.05) is 11.9 Å². The van der Waals surface area contributed by atoms with E-state index in [4.69, 9.17) is 4.74 Å². The van der Waals surface area contributed by atoms with Crippen LogP contribution in [0.15, 0.2) is 36.4 Å². The van der Waals surface area contributed by atoms with Gasteiger partial charge in [0, 0.05) is 23.8 Å². The third-order valence-electron chi connectivity index (χ3n) is 5.66. The van der Waals surface area contributed by atoms with Crippen LogP contribution < -0.4 is 5.32 Å². The second kappa shape index (κ2) is 6.27. The van der Waals surface area contributed by atoms with Gasteiger partial charge in [0.05, 0.1) is 12.1 Å². The summed E-state index contributed by atoms with van der Waals surface area (Å²) in [6, 6.07) is 11.2. The number of nitrogens with one attached hydrogen (secondary N) is 1. The number of aromatic hydroxyl groups is 1. The van der Waals surface area contributed by atoms with Gasteiger partial charge in [-0.05, 0) is 47.6 Å². The smallest absolute Gasteiger partial charge is 0.165 e. The molecule has 138 valence electrons. The number of fused-ring (bicyclic) bond motifs is 3. The van der Waals surface area contributed by atoms with Crippen LogP contribution in [0.25, 0.3) is 0 Å². The van der Waals surface area contributed by atoms with E-state index in [9.17, 15) is 9.50 Å². The topological polar surface area (TPSA) is 41.5 Å². The Hall–Kier alpha value is -2.07. The van der Waals surface area contributed by atoms with E-state index in [1.807, 2.05) is 0 Å². The molecule has 2 aliphatic heterocycles. The molecular weight excluding hydrogens is 329 g/mol. The first-order chi connectivity index (χ1) is 12.3. The van der Waals surface area contributed by atoms with Crippen LogP contribution in [0.1, 0.15) is 62.4 Å². The molecule has 0 bridgehead atoms. The first kappa shape index (κ1) is 17.3. The lowest BCUT2D eigenvalue weighted by Crippen LogP contribution is -2.36. The predicted molar refractivity (Wildman–Crippen MR) is 101 cm³/mol. The predicted octanol–water partition coefficient (Wildman–Crippen LogP) is 5.46. The van der Waals surface area contributed by atoms with Gasteiger partial charge in [-0.15, -0.1) is 0 Å². The van der Waals surface area contributed by atoms with Crippen LogP contribution in [-0.2, 0) is 10.2 Å². The SMILES string of the molecule is CC(C)(C)c1ccc2c(c1)[C@@H]1OCCC[C@@H]1C(c1ccc(O)c(F)c1)N2. The van der Waals surface area contributed by atoms with Gasteiger partial charge in [0.25, 0.3) is 0 Å². The van der Waals surface area contributed by atoms with Gasteiger partial charge in [-0.25, -0.2) is 4.39 Å². The van der Waals surface area contributed by atoms with Crippen molar-refractivity contribution in [3.63, 3.8) is 0 Å². The maximum absolute atomic E-state index is 13.9. The summed E-state index contributed by atoms with van der Waals surface area (Å²) in [6.07, 6.45) is 2.06. The minimum atomic E-state index is -0.577. The van der Waals surface area contributed by atoms with E-state index in [2.05, 4.69) is 44.3 Å². The molecule has 2 N–H and O–H groups in total. The van der Waals surface area contributed by atoms with Gasteiger partial charge in [-0.2, -0.15) is 0 Å². The number of phenols is 1. The summed E-state index contributed by atoms with van der Waals surface area (Å²) in [6.45, 7) is 7.40. The third-order valence-corrected chi connectivity index (χ3v) is 5.66. The van der Waals surface area contributed by atoms with Crippen LogP contribution in [0.5, 0.6) is 5.75 Å². The highest BCUT2D eigenvalue weighted by molar-refractivity contribution is 5.59. The van der Waals surface area contributed by atoms with Crippen LogP contribution in [0.3, 0.4) is 0 Å². The minimum absolute atomic E-state index is 0.0177. The third kappa shape index (κ3) is 2.96. The molecule has 2 aromatic rings. The Kier molecular flexibility index (Phi) is 4.19. The second-order valence-corrected chi connectivity index (χ2v) is 8.48. The standard InChI is InChI=1S/C22H26FNO2/c1-22(2,3)14-7-8-18-16(12-14)21-15(5-4-10-26-21)20(24-18)13-6-9-19(25)17(23)11-13/h6-9,11-12,15,20-21,24-25H,4-5,10H2,1-3H3/t15-,20?,21-/m1/s1. The van der Waals surface area contributed by atoms with Gasteiger partial charge < -0.3 is 15.2 Å². The van der Waals surface area contributed by atoms with Crippen LogP contribution in [0.2, 0.25) is 0 Å². The molecule has 2 heterocycles. The largest absolute Gasteiger partial charge is 0.505 e. The molecule has 26 heavy (non-hydrogen) atoms. The number of anilines is 1. The molecule has 3 nitrogen and oxygen atoms in total. The molecule has 2 aromatic carbocycles. The molecule has 0 aliphatic carbocycles. The van der Waals surface area contributed by atoms with Crippen molar-refractivity contribution in [1.82, 2.24) is 0 Å². The van der Waals surface area contributed by atoms with E-state index in [0.717, 1.165) is 30.7 Å². The molecule has 2 aliphatic rings. The molecule has 3 atom stereocenters. The molecule has 0 saturated carbocycles. The maximum atomic E-state index is 13.9. The van der Waals surface area contributed by atoms with Crippen molar-refractivity contribution in [2.45, 2.75) is 51.2 Å². The fourth-order valence-electron chi connectivity index (χ4n) is 4.18. The highest BCUT2D eigenvalue weighted by Crippen LogP contribution is 2.50. The quantitative estimate of drug-likeness (QED) is 0.713. The average Bonchev–Trinajstić information content (AvgIpc) is 2.62. The number of ether oxygens (including phenoxy) is 1. The van der Waals surface area contributed by atoms with E-state index < -0.39 is 5.82 Å². The van der Waals surface area contributed by atoms with Crippen LogP contribution in [-0.4, -0.2) is 11.7 Å². The Morgan fingerprint density at radius 3 is 2.69 bits per heavy atom. The monoisotopic (exact) mass is 355 g/mol. The zero-order valence-electron chi connectivity index (χ0n) is 15.6. The van der Waals surface area contributed by atoms with Crippen molar-refractivity contribution >= 4 is 5.69 Å². The van der Waals surface area contributed by atoms with Gasteiger partial charge >= 0.3 is 0 Å². The van der Waals surface area contributed by atoms with Crippen molar-refractivity contribution in [3.05, 3.63) is 58.9 Å². The molecule has 0 radical (unpaired) electrons. The van der Waals surface area contributed by atoms with Crippen molar-refractivity contribution in [3.8, 4) is 5.75 Å². The Morgan fingerprint density at radius 2 is 1.96 bits per heavy atom. The number of hydrogen-bond acceptors (Lipinski definition) is 3. The number of phenolic OH excluding ortho intramolecular Hbond substituents is 1. The van der Waals surface area contributed by atoms with Crippen LogP contribution >= 0.6 is 0 Å². The summed E-state index contributed by atoms with van der Waals surface area (Å²) in [5, 5.41) is 13.1. The van der Waals surface area contributed by atoms with Gasteiger partial charge in [0.1, 0.15) is 0 Å². The normalized spacial score (nSPS) is 25.2. The minimum Gasteiger partial charge on any atom is -0.505 e. The first-order valence-electron chi connectivity index (χ1n) is 9.35. The average molecular weight is 355 g/mol. The highest BCUT2D eigenvalue weighted by Gasteiger charge is 2.40. The molecule has 0 aromatic heterocycles. The Bertz CT molecular complexity index is 827. The lowest BCUT2D eigenvalue weighted by molar-refractivity contribution is -0.0382. The Labute approximate surface area is 154 Å². The maximum Gasteiger partial charge on any atom is 0.165 e. The first-order valence-corrected chi connectivity index (χ1v) is 9.35. The summed E-state index contributed by atoms with van der Waals surface area (Å²) in [4.78, 5) is 0. The molecule has 0 amide bonds. The van der Waals surface area contributed by atoms with Crippen molar-refractivity contribution in [1.29, 1.82) is 0 Å². The fraction of sp³-hybridized carbons (Fsp3) is 0.455. The Balaban J connectivity index is 1.77. The second-order valence-electron chi connectivity index (χ2n) is 8.48. The van der Waals surface area contributed by atoms with Gasteiger partial charge in [-0.1, -0.05) is 39.0 Å². The molecule has 4 rings (SSSR count). The van der Waals surface area contributed by atoms with E-state index in [1.54, 1.807) is 6.07 Å². The zero-order valence-corrected chi connectivity index (χ0v) is 15.6. The molecular formula is C22H26FNO2. The molecule has 0 spiro atoms. The van der Waals surface area contributed by atoms with Crippen molar-refractivity contribution < 1.29 is 14.2 Å². The van der Waals surface area contributed by atoms with Crippen LogP contribution in [0.4, 0.5) is 10.1 Å². The van der Waals surface area contributed by atoms with Gasteiger partial charge in [0.2, 0.25) is 0 Å². The molecule has 1 fully saturated rings. The highest BCUT2D eigenvalue weighted by atomic mass is 19.1. The lowest BCUT2D eigenvalue weighted by Gasteiger charge is -2.44. The summed E-state index contributed by atoms with van der Waals surface area (Å²) in [5.74, 6) is -0.641. The molecule has 1 saturated heterocycles. The van der Waals surface area contributed by atoms with E-state index in [-0.39, 0.29) is 29.2 Å². The summed E-state index contributed by atoms with van der Waals surface area (Å²) in [5.41, 5.74) is 4.49. The van der Waals surface area contributed by atoms with Gasteiger partial charge in [-0.3, -0.25) is 0 Å². The van der Waals surface area contributed by atoms with Gasteiger partial charge in [0.15, 0.2) is 11.6 Å². The van der Waals surface area contributed by atoms with E-state index in [0.29, 0.717) is 0 Å². The van der Waals surface area contributed by atoms with E-state index in [1.165, 1.54) is 23.3 Å². The number of hydrogen-bond donors (Lipinski definition) is 2.